The van der Waals surface area contributed by atoms with Crippen molar-refractivity contribution in [1.29, 1.82) is 0 Å². The molecule has 1 fully saturated rings. The second-order valence-electron chi connectivity index (χ2n) is 4.77. The molecule has 0 heterocycles. The summed E-state index contributed by atoms with van der Waals surface area (Å²) >= 11 is 0. The third-order valence-corrected chi connectivity index (χ3v) is 3.50. The smallest absolute Gasteiger partial charge is 0.319 e. The van der Waals surface area contributed by atoms with E-state index >= 15 is 0 Å². The maximum Gasteiger partial charge on any atom is 0.319 e. The monoisotopic (exact) mass is 212 g/mol. The standard InChI is InChI=1S/C12H20O3/c1-5-15-11(14)12(9(4)13)6-10(7-12)8(2)3/h8,10H,5-7H2,1-4H3. The molecule has 1 saturated carbocycles. The average molecular weight is 212 g/mol. The molecule has 0 aliphatic heterocycles. The fourth-order valence-corrected chi connectivity index (χ4v) is 2.17. The van der Waals surface area contributed by atoms with Gasteiger partial charge in [0.1, 0.15) is 11.2 Å². The summed E-state index contributed by atoms with van der Waals surface area (Å²) < 4.78 is 4.98. The van der Waals surface area contributed by atoms with E-state index in [2.05, 4.69) is 13.8 Å². The third-order valence-electron chi connectivity index (χ3n) is 3.50. The van der Waals surface area contributed by atoms with Gasteiger partial charge in [-0.2, -0.15) is 0 Å². The van der Waals surface area contributed by atoms with Gasteiger partial charge in [0, 0.05) is 0 Å². The zero-order valence-electron chi connectivity index (χ0n) is 10.0. The second kappa shape index (κ2) is 4.33. The minimum Gasteiger partial charge on any atom is -0.465 e. The van der Waals surface area contributed by atoms with Crippen molar-refractivity contribution >= 4 is 11.8 Å². The molecule has 3 nitrogen and oxygen atoms in total. The lowest BCUT2D eigenvalue weighted by molar-refractivity contribution is -0.170. The molecule has 0 saturated heterocycles. The number of hydrogen-bond acceptors (Lipinski definition) is 3. The van der Waals surface area contributed by atoms with Crippen molar-refractivity contribution in [2.45, 2.75) is 40.5 Å². The van der Waals surface area contributed by atoms with Crippen molar-refractivity contribution in [3.05, 3.63) is 0 Å². The predicted octanol–water partition coefficient (Wildman–Crippen LogP) is 2.19. The van der Waals surface area contributed by atoms with Gasteiger partial charge in [-0.1, -0.05) is 13.8 Å². The molecule has 0 aromatic carbocycles. The SMILES string of the molecule is CCOC(=O)C1(C(C)=O)CC(C(C)C)C1. The second-order valence-corrected chi connectivity index (χ2v) is 4.77. The highest BCUT2D eigenvalue weighted by Crippen LogP contribution is 2.50. The molecule has 0 aromatic heterocycles. The van der Waals surface area contributed by atoms with Crippen LogP contribution in [0.25, 0.3) is 0 Å². The summed E-state index contributed by atoms with van der Waals surface area (Å²) in [5.74, 6) is 0.650. The number of rotatable bonds is 4. The Hall–Kier alpha value is -0.860. The third kappa shape index (κ3) is 2.06. The largest absolute Gasteiger partial charge is 0.465 e. The molecule has 1 aliphatic carbocycles. The Labute approximate surface area is 91.2 Å². The number of esters is 1. The van der Waals surface area contributed by atoms with Gasteiger partial charge in [-0.05, 0) is 38.5 Å². The Bertz CT molecular complexity index is 262. The zero-order chi connectivity index (χ0) is 11.6. The van der Waals surface area contributed by atoms with Gasteiger partial charge in [0.15, 0.2) is 0 Å². The molecule has 0 amide bonds. The van der Waals surface area contributed by atoms with Crippen LogP contribution in [0.15, 0.2) is 0 Å². The Kier molecular flexibility index (Phi) is 3.53. The Morgan fingerprint density at radius 3 is 2.27 bits per heavy atom. The van der Waals surface area contributed by atoms with Crippen LogP contribution in [0.2, 0.25) is 0 Å². The molecule has 0 spiro atoms. The van der Waals surface area contributed by atoms with Crippen molar-refractivity contribution < 1.29 is 14.3 Å². The van der Waals surface area contributed by atoms with Crippen molar-refractivity contribution in [2.24, 2.45) is 17.3 Å². The van der Waals surface area contributed by atoms with E-state index in [0.29, 0.717) is 31.3 Å². The minimum atomic E-state index is -0.815. The van der Waals surface area contributed by atoms with Crippen LogP contribution in [-0.4, -0.2) is 18.4 Å². The molecule has 0 N–H and O–H groups in total. The molecule has 0 radical (unpaired) electrons. The van der Waals surface area contributed by atoms with E-state index in [0.717, 1.165) is 0 Å². The van der Waals surface area contributed by atoms with Crippen LogP contribution in [0.1, 0.15) is 40.5 Å². The summed E-state index contributed by atoms with van der Waals surface area (Å²) in [6.07, 6.45) is 1.33. The van der Waals surface area contributed by atoms with Gasteiger partial charge in [-0.15, -0.1) is 0 Å². The first-order valence-electron chi connectivity index (χ1n) is 5.62. The fourth-order valence-electron chi connectivity index (χ4n) is 2.17. The van der Waals surface area contributed by atoms with Gasteiger partial charge in [-0.25, -0.2) is 0 Å². The molecule has 15 heavy (non-hydrogen) atoms. The van der Waals surface area contributed by atoms with E-state index in [-0.39, 0.29) is 11.8 Å². The normalized spacial score (nSPS) is 29.8. The van der Waals surface area contributed by atoms with Gasteiger partial charge in [0.25, 0.3) is 0 Å². The van der Waals surface area contributed by atoms with E-state index in [1.165, 1.54) is 6.92 Å². The summed E-state index contributed by atoms with van der Waals surface area (Å²) in [5, 5.41) is 0. The highest BCUT2D eigenvalue weighted by Gasteiger charge is 2.55. The van der Waals surface area contributed by atoms with Gasteiger partial charge in [0.05, 0.1) is 6.61 Å². The summed E-state index contributed by atoms with van der Waals surface area (Å²) in [6, 6.07) is 0. The van der Waals surface area contributed by atoms with Crippen molar-refractivity contribution in [1.82, 2.24) is 0 Å². The van der Waals surface area contributed by atoms with Crippen molar-refractivity contribution in [3.8, 4) is 0 Å². The van der Waals surface area contributed by atoms with Crippen molar-refractivity contribution in [2.75, 3.05) is 6.61 Å². The average Bonchev–Trinajstić information content (AvgIpc) is 2.00. The molecule has 1 aliphatic rings. The molecule has 1 rings (SSSR count). The van der Waals surface area contributed by atoms with E-state index < -0.39 is 5.41 Å². The van der Waals surface area contributed by atoms with Crippen LogP contribution in [-0.2, 0) is 14.3 Å². The predicted molar refractivity (Wildman–Crippen MR) is 57.3 cm³/mol. The number of hydrogen-bond donors (Lipinski definition) is 0. The molecule has 0 unspecified atom stereocenters. The summed E-state index contributed by atoms with van der Waals surface area (Å²) in [7, 11) is 0. The zero-order valence-corrected chi connectivity index (χ0v) is 10.0. The van der Waals surface area contributed by atoms with E-state index in [9.17, 15) is 9.59 Å². The van der Waals surface area contributed by atoms with Crippen molar-refractivity contribution in [3.63, 3.8) is 0 Å². The van der Waals surface area contributed by atoms with E-state index in [4.69, 9.17) is 4.74 Å². The number of ether oxygens (including phenoxy) is 1. The highest BCUT2D eigenvalue weighted by molar-refractivity contribution is 6.03. The van der Waals surface area contributed by atoms with Gasteiger partial charge in [0.2, 0.25) is 0 Å². The fraction of sp³-hybridized carbons (Fsp3) is 0.833. The van der Waals surface area contributed by atoms with Gasteiger partial charge < -0.3 is 4.74 Å². The number of Topliss-reactive ketones (excluding diaryl/α,β-unsaturated/α-hetero) is 1. The first-order chi connectivity index (χ1) is 6.94. The quantitative estimate of drug-likeness (QED) is 0.530. The maximum absolute atomic E-state index is 11.7. The van der Waals surface area contributed by atoms with Crippen LogP contribution in [0.5, 0.6) is 0 Å². The number of carbonyl (C=O) groups excluding carboxylic acids is 2. The first kappa shape index (κ1) is 12.2. The molecule has 3 heteroatoms. The molecule has 0 aromatic rings. The first-order valence-corrected chi connectivity index (χ1v) is 5.62. The van der Waals surface area contributed by atoms with Crippen LogP contribution in [0.4, 0.5) is 0 Å². The Morgan fingerprint density at radius 2 is 1.93 bits per heavy atom. The molecule has 0 atom stereocenters. The van der Waals surface area contributed by atoms with Crippen LogP contribution < -0.4 is 0 Å². The highest BCUT2D eigenvalue weighted by atomic mass is 16.5. The topological polar surface area (TPSA) is 43.4 Å². The molecular formula is C12H20O3. The molecule has 86 valence electrons. The molecular weight excluding hydrogens is 192 g/mol. The lowest BCUT2D eigenvalue weighted by Gasteiger charge is -2.45. The Balaban J connectivity index is 2.69. The molecule has 0 bridgehead atoms. The lowest BCUT2D eigenvalue weighted by Crippen LogP contribution is -2.51. The maximum atomic E-state index is 11.7. The van der Waals surface area contributed by atoms with E-state index in [1.807, 2.05) is 0 Å². The van der Waals surface area contributed by atoms with Crippen LogP contribution in [0, 0.1) is 17.3 Å². The summed E-state index contributed by atoms with van der Waals surface area (Å²) in [4.78, 5) is 23.2. The van der Waals surface area contributed by atoms with Gasteiger partial charge in [-0.3, -0.25) is 9.59 Å². The summed E-state index contributed by atoms with van der Waals surface area (Å²) in [6.45, 7) is 7.86. The van der Waals surface area contributed by atoms with Crippen LogP contribution in [0.3, 0.4) is 0 Å². The van der Waals surface area contributed by atoms with Crippen LogP contribution >= 0.6 is 0 Å². The number of ketones is 1. The minimum absolute atomic E-state index is 0.0437. The summed E-state index contributed by atoms with van der Waals surface area (Å²) in [5.41, 5.74) is -0.815. The van der Waals surface area contributed by atoms with Gasteiger partial charge >= 0.3 is 5.97 Å². The lowest BCUT2D eigenvalue weighted by atomic mass is 9.57. The Morgan fingerprint density at radius 1 is 1.40 bits per heavy atom. The number of carbonyl (C=O) groups is 2. The van der Waals surface area contributed by atoms with E-state index in [1.54, 1.807) is 6.92 Å².